The Morgan fingerprint density at radius 1 is 1.25 bits per heavy atom. The lowest BCUT2D eigenvalue weighted by atomic mass is 9.96. The summed E-state index contributed by atoms with van der Waals surface area (Å²) in [6.45, 7) is 5.23. The first-order chi connectivity index (χ1) is 11.5. The van der Waals surface area contributed by atoms with Gasteiger partial charge in [0.15, 0.2) is 5.65 Å². The molecule has 0 radical (unpaired) electrons. The summed E-state index contributed by atoms with van der Waals surface area (Å²) in [5.41, 5.74) is 2.04. The van der Waals surface area contributed by atoms with Gasteiger partial charge in [-0.1, -0.05) is 0 Å². The molecule has 2 aromatic heterocycles. The molecule has 0 saturated carbocycles. The van der Waals surface area contributed by atoms with Gasteiger partial charge in [0.2, 0.25) is 0 Å². The Morgan fingerprint density at radius 2 is 1.96 bits per heavy atom. The SMILES string of the molecule is COC(=O)C1CCN(C(=O)c2cnc3c(c2)ncn3C(C)C)CC1. The predicted octanol–water partition coefficient (Wildman–Crippen LogP) is 2.04. The minimum atomic E-state index is -0.190. The summed E-state index contributed by atoms with van der Waals surface area (Å²) in [5, 5.41) is 0. The van der Waals surface area contributed by atoms with Crippen LogP contribution in [0.15, 0.2) is 18.6 Å². The Labute approximate surface area is 140 Å². The maximum Gasteiger partial charge on any atom is 0.308 e. The topological polar surface area (TPSA) is 77.3 Å². The van der Waals surface area contributed by atoms with Crippen molar-refractivity contribution < 1.29 is 14.3 Å². The van der Waals surface area contributed by atoms with E-state index in [-0.39, 0.29) is 23.8 Å². The van der Waals surface area contributed by atoms with Crippen molar-refractivity contribution in [2.75, 3.05) is 20.2 Å². The number of nitrogens with zero attached hydrogens (tertiary/aromatic N) is 4. The number of aromatic nitrogens is 3. The normalized spacial score (nSPS) is 15.9. The first-order valence-corrected chi connectivity index (χ1v) is 8.21. The third-order valence-corrected chi connectivity index (χ3v) is 4.53. The fraction of sp³-hybridized carbons (Fsp3) is 0.529. The van der Waals surface area contributed by atoms with Crippen LogP contribution in [0.3, 0.4) is 0 Å². The van der Waals surface area contributed by atoms with Crippen LogP contribution in [0.5, 0.6) is 0 Å². The van der Waals surface area contributed by atoms with Gasteiger partial charge in [-0.15, -0.1) is 0 Å². The van der Waals surface area contributed by atoms with Gasteiger partial charge in [-0.05, 0) is 32.8 Å². The summed E-state index contributed by atoms with van der Waals surface area (Å²) in [6.07, 6.45) is 4.63. The molecule has 3 rings (SSSR count). The lowest BCUT2D eigenvalue weighted by Crippen LogP contribution is -2.40. The van der Waals surface area contributed by atoms with Gasteiger partial charge in [0.25, 0.3) is 5.91 Å². The Hall–Kier alpha value is -2.44. The van der Waals surface area contributed by atoms with Crippen LogP contribution in [0.1, 0.15) is 43.1 Å². The molecule has 128 valence electrons. The van der Waals surface area contributed by atoms with E-state index in [1.165, 1.54) is 7.11 Å². The number of rotatable bonds is 3. The fourth-order valence-electron chi connectivity index (χ4n) is 3.08. The van der Waals surface area contributed by atoms with Crippen molar-refractivity contribution in [1.29, 1.82) is 0 Å². The molecule has 7 nitrogen and oxygen atoms in total. The maximum atomic E-state index is 12.7. The number of amides is 1. The zero-order valence-corrected chi connectivity index (χ0v) is 14.2. The number of carbonyl (C=O) groups excluding carboxylic acids is 2. The molecule has 7 heteroatoms. The highest BCUT2D eigenvalue weighted by Gasteiger charge is 2.28. The van der Waals surface area contributed by atoms with Crippen LogP contribution in [-0.2, 0) is 9.53 Å². The number of likely N-dealkylation sites (tertiary alicyclic amines) is 1. The number of imidazole rings is 1. The second kappa shape index (κ2) is 6.59. The minimum absolute atomic E-state index is 0.0631. The van der Waals surface area contributed by atoms with E-state index in [9.17, 15) is 9.59 Å². The van der Waals surface area contributed by atoms with E-state index in [2.05, 4.69) is 23.8 Å². The van der Waals surface area contributed by atoms with Gasteiger partial charge in [-0.3, -0.25) is 9.59 Å². The third kappa shape index (κ3) is 2.98. The Bertz CT molecular complexity index is 760. The molecule has 24 heavy (non-hydrogen) atoms. The molecular weight excluding hydrogens is 308 g/mol. The number of hydrogen-bond acceptors (Lipinski definition) is 5. The number of fused-ring (bicyclic) bond motifs is 1. The molecule has 0 aromatic carbocycles. The zero-order valence-electron chi connectivity index (χ0n) is 14.2. The number of methoxy groups -OCH3 is 1. The molecule has 0 atom stereocenters. The van der Waals surface area contributed by atoms with Crippen molar-refractivity contribution in [3.05, 3.63) is 24.2 Å². The van der Waals surface area contributed by atoms with E-state index in [0.717, 1.165) is 11.2 Å². The fourth-order valence-corrected chi connectivity index (χ4v) is 3.08. The first kappa shape index (κ1) is 16.4. The Kier molecular flexibility index (Phi) is 4.51. The van der Waals surface area contributed by atoms with Crippen LogP contribution >= 0.6 is 0 Å². The average Bonchev–Trinajstić information content (AvgIpc) is 3.04. The molecule has 0 spiro atoms. The Balaban J connectivity index is 1.74. The highest BCUT2D eigenvalue weighted by atomic mass is 16.5. The molecule has 2 aromatic rings. The maximum absolute atomic E-state index is 12.7. The molecule has 1 aliphatic rings. The average molecular weight is 330 g/mol. The van der Waals surface area contributed by atoms with Crippen LogP contribution in [0, 0.1) is 5.92 Å². The summed E-state index contributed by atoms with van der Waals surface area (Å²) in [6, 6.07) is 2.05. The van der Waals surface area contributed by atoms with Gasteiger partial charge in [-0.25, -0.2) is 9.97 Å². The highest BCUT2D eigenvalue weighted by Crippen LogP contribution is 2.21. The number of pyridine rings is 1. The molecule has 1 saturated heterocycles. The van der Waals surface area contributed by atoms with Crippen molar-refractivity contribution in [3.63, 3.8) is 0 Å². The summed E-state index contributed by atoms with van der Waals surface area (Å²) < 4.78 is 6.75. The van der Waals surface area contributed by atoms with Crippen LogP contribution in [-0.4, -0.2) is 51.5 Å². The summed E-state index contributed by atoms with van der Waals surface area (Å²) >= 11 is 0. The van der Waals surface area contributed by atoms with Crippen molar-refractivity contribution in [2.45, 2.75) is 32.7 Å². The van der Waals surface area contributed by atoms with Gasteiger partial charge in [0, 0.05) is 25.3 Å². The summed E-state index contributed by atoms with van der Waals surface area (Å²) in [5.74, 6) is -0.363. The minimum Gasteiger partial charge on any atom is -0.469 e. The Morgan fingerprint density at radius 3 is 2.58 bits per heavy atom. The molecule has 1 amide bonds. The van der Waals surface area contributed by atoms with E-state index < -0.39 is 0 Å². The van der Waals surface area contributed by atoms with Crippen molar-refractivity contribution in [2.24, 2.45) is 5.92 Å². The largest absolute Gasteiger partial charge is 0.469 e. The number of hydrogen-bond donors (Lipinski definition) is 0. The van der Waals surface area contributed by atoms with Gasteiger partial charge in [-0.2, -0.15) is 0 Å². The van der Waals surface area contributed by atoms with Crippen LogP contribution < -0.4 is 0 Å². The van der Waals surface area contributed by atoms with Gasteiger partial charge in [0.05, 0.1) is 24.9 Å². The second-order valence-corrected chi connectivity index (χ2v) is 6.40. The summed E-state index contributed by atoms with van der Waals surface area (Å²) in [4.78, 5) is 34.8. The molecule has 0 aliphatic carbocycles. The van der Waals surface area contributed by atoms with E-state index in [0.29, 0.717) is 31.5 Å². The van der Waals surface area contributed by atoms with E-state index in [1.54, 1.807) is 23.5 Å². The van der Waals surface area contributed by atoms with Crippen LogP contribution in [0.2, 0.25) is 0 Å². The molecule has 0 N–H and O–H groups in total. The molecule has 1 aliphatic heterocycles. The lowest BCUT2D eigenvalue weighted by molar-refractivity contribution is -0.146. The molecule has 1 fully saturated rings. The molecule has 0 bridgehead atoms. The van der Waals surface area contributed by atoms with Crippen LogP contribution in [0.4, 0.5) is 0 Å². The van der Waals surface area contributed by atoms with Crippen molar-refractivity contribution >= 4 is 23.0 Å². The second-order valence-electron chi connectivity index (χ2n) is 6.40. The number of ether oxygens (including phenoxy) is 1. The third-order valence-electron chi connectivity index (χ3n) is 4.53. The standard InChI is InChI=1S/C17H22N4O3/c1-11(2)21-10-19-14-8-13(9-18-15(14)21)16(22)20-6-4-12(5-7-20)17(23)24-3/h8-12H,4-7H2,1-3H3. The number of esters is 1. The van der Waals surface area contributed by atoms with E-state index in [4.69, 9.17) is 4.74 Å². The van der Waals surface area contributed by atoms with E-state index in [1.807, 2.05) is 4.57 Å². The molecular formula is C17H22N4O3. The first-order valence-electron chi connectivity index (χ1n) is 8.21. The highest BCUT2D eigenvalue weighted by molar-refractivity contribution is 5.96. The predicted molar refractivity (Wildman–Crippen MR) is 88.6 cm³/mol. The van der Waals surface area contributed by atoms with Gasteiger partial charge < -0.3 is 14.2 Å². The quantitative estimate of drug-likeness (QED) is 0.805. The van der Waals surface area contributed by atoms with Crippen molar-refractivity contribution in [1.82, 2.24) is 19.4 Å². The smallest absolute Gasteiger partial charge is 0.308 e. The van der Waals surface area contributed by atoms with Crippen molar-refractivity contribution in [3.8, 4) is 0 Å². The monoisotopic (exact) mass is 330 g/mol. The van der Waals surface area contributed by atoms with Crippen LogP contribution in [0.25, 0.3) is 11.2 Å². The molecule has 3 heterocycles. The number of piperidine rings is 1. The zero-order chi connectivity index (χ0) is 17.3. The summed E-state index contributed by atoms with van der Waals surface area (Å²) in [7, 11) is 1.40. The van der Waals surface area contributed by atoms with Gasteiger partial charge >= 0.3 is 5.97 Å². The lowest BCUT2D eigenvalue weighted by Gasteiger charge is -2.30. The molecule has 0 unspecified atom stereocenters. The van der Waals surface area contributed by atoms with E-state index >= 15 is 0 Å². The van der Waals surface area contributed by atoms with Gasteiger partial charge in [0.1, 0.15) is 5.52 Å². The number of carbonyl (C=O) groups is 2.